The molecule has 328 valence electrons. The van der Waals surface area contributed by atoms with Gasteiger partial charge in [-0.1, -0.05) is 35.9 Å². The lowest BCUT2D eigenvalue weighted by Crippen LogP contribution is -2.28. The Bertz CT molecular complexity index is 2980. The summed E-state index contributed by atoms with van der Waals surface area (Å²) >= 11 is 6.19. The van der Waals surface area contributed by atoms with E-state index in [1.165, 1.54) is 4.90 Å². The standard InChI is InChI=1S/C25H24ClN5O2.C25H23N5O2/c1-3-27-24-19(25(32)31(2)21-9-6-12-29-23(21)26)15-17(16-30-24)11-14-33-22-10-13-28-20-8-5-4-7-18(20)22;1-3-30-23-19(25(31)29(2)21-9-6-12-27-24(21)30)15-17(16-28-23)11-14-32-22-10-13-26-20-8-5-4-7-18(20)22/h4-10,12-13,15-16H,3,11,14H2,1-2H3,(H,27,30);4-10,12-13,15-16H,3,11,14H2,1-2H3. The molecule has 0 saturated carbocycles. The summed E-state index contributed by atoms with van der Waals surface area (Å²) in [6.45, 7) is 6.19. The lowest BCUT2D eigenvalue weighted by Gasteiger charge is -2.22. The number of carbonyl (C=O) groups is 2. The van der Waals surface area contributed by atoms with E-state index in [9.17, 15) is 9.59 Å². The maximum atomic E-state index is 13.3. The molecule has 14 nitrogen and oxygen atoms in total. The van der Waals surface area contributed by atoms with Crippen LogP contribution in [0.2, 0.25) is 5.15 Å². The SMILES string of the molecule is CCN1c2ncc(CCOc3ccnc4ccccc34)cc2C(=O)N(C)c2cccnc21.CCNc1ncc(CCOc2ccnc3ccccc23)cc1C(=O)N(C)c1cccnc1Cl. The van der Waals surface area contributed by atoms with Crippen molar-refractivity contribution in [1.29, 1.82) is 0 Å². The monoisotopic (exact) mass is 886 g/mol. The molecule has 15 heteroatoms. The number of para-hydroxylation sites is 2. The van der Waals surface area contributed by atoms with Gasteiger partial charge in [0.1, 0.15) is 23.1 Å². The molecule has 0 aliphatic carbocycles. The highest BCUT2D eigenvalue weighted by atomic mass is 35.5. The fraction of sp³-hybridized carbons (Fsp3) is 0.200. The Kier molecular flexibility index (Phi) is 13.7. The van der Waals surface area contributed by atoms with Gasteiger partial charge in [0, 0.05) is 88.0 Å². The number of amides is 2. The molecule has 2 aromatic carbocycles. The number of fused-ring (bicyclic) bond motifs is 4. The molecule has 1 N–H and O–H groups in total. The van der Waals surface area contributed by atoms with E-state index in [1.54, 1.807) is 62.1 Å². The van der Waals surface area contributed by atoms with Crippen molar-refractivity contribution in [2.24, 2.45) is 0 Å². The van der Waals surface area contributed by atoms with Crippen molar-refractivity contribution in [3.63, 3.8) is 0 Å². The number of pyridine rings is 6. The Balaban J connectivity index is 0.000000177. The minimum Gasteiger partial charge on any atom is -0.492 e. The zero-order chi connectivity index (χ0) is 45.3. The fourth-order valence-corrected chi connectivity index (χ4v) is 7.79. The summed E-state index contributed by atoms with van der Waals surface area (Å²) in [4.78, 5) is 58.1. The second-order valence-electron chi connectivity index (χ2n) is 15.0. The molecule has 7 heterocycles. The zero-order valence-electron chi connectivity index (χ0n) is 36.5. The molecule has 0 saturated heterocycles. The number of carbonyl (C=O) groups excluding carboxylic acids is 2. The lowest BCUT2D eigenvalue weighted by molar-refractivity contribution is 0.0986. The highest BCUT2D eigenvalue weighted by Crippen LogP contribution is 2.37. The number of hydrogen-bond donors (Lipinski definition) is 1. The third-order valence-corrected chi connectivity index (χ3v) is 11.1. The third kappa shape index (κ3) is 9.63. The van der Waals surface area contributed by atoms with E-state index in [2.05, 4.69) is 35.2 Å². The number of nitrogens with zero attached hydrogens (tertiary/aromatic N) is 9. The summed E-state index contributed by atoms with van der Waals surface area (Å²) in [6, 6.07) is 30.5. The molecule has 0 fully saturated rings. The minimum absolute atomic E-state index is 0.0967. The second-order valence-corrected chi connectivity index (χ2v) is 15.3. The first-order chi connectivity index (χ1) is 31.7. The average molecular weight is 887 g/mol. The van der Waals surface area contributed by atoms with Crippen LogP contribution in [0.4, 0.5) is 28.8 Å². The summed E-state index contributed by atoms with van der Waals surface area (Å²) in [5, 5.41) is 5.37. The molecule has 0 atom stereocenters. The molecule has 0 radical (unpaired) electrons. The van der Waals surface area contributed by atoms with Crippen LogP contribution in [0.1, 0.15) is 45.7 Å². The van der Waals surface area contributed by atoms with E-state index >= 15 is 0 Å². The van der Waals surface area contributed by atoms with Crippen LogP contribution < -0.4 is 29.5 Å². The van der Waals surface area contributed by atoms with E-state index in [1.807, 2.05) is 110 Å². The first-order valence-electron chi connectivity index (χ1n) is 21.3. The van der Waals surface area contributed by atoms with Crippen LogP contribution in [0.5, 0.6) is 11.5 Å². The summed E-state index contributed by atoms with van der Waals surface area (Å²) in [7, 11) is 3.45. The predicted molar refractivity (Wildman–Crippen MR) is 256 cm³/mol. The molecule has 65 heavy (non-hydrogen) atoms. The molecule has 0 bridgehead atoms. The molecule has 1 aliphatic rings. The number of ether oxygens (including phenoxy) is 2. The van der Waals surface area contributed by atoms with Crippen molar-refractivity contribution in [2.75, 3.05) is 60.4 Å². The Labute approximate surface area is 381 Å². The highest BCUT2D eigenvalue weighted by molar-refractivity contribution is 6.32. The smallest absolute Gasteiger partial charge is 0.261 e. The van der Waals surface area contributed by atoms with Crippen LogP contribution in [0.15, 0.2) is 134 Å². The Morgan fingerprint density at radius 3 is 1.97 bits per heavy atom. The van der Waals surface area contributed by atoms with Crippen LogP contribution in [-0.2, 0) is 12.8 Å². The lowest BCUT2D eigenvalue weighted by atomic mass is 10.1. The van der Waals surface area contributed by atoms with Crippen LogP contribution in [-0.4, -0.2) is 82.1 Å². The summed E-state index contributed by atoms with van der Waals surface area (Å²) in [6.07, 6.45) is 11.6. The van der Waals surface area contributed by atoms with Crippen molar-refractivity contribution in [3.8, 4) is 11.5 Å². The van der Waals surface area contributed by atoms with Crippen LogP contribution in [0.3, 0.4) is 0 Å². The Morgan fingerprint density at radius 2 is 1.32 bits per heavy atom. The van der Waals surface area contributed by atoms with E-state index in [-0.39, 0.29) is 17.0 Å². The number of rotatable bonds is 13. The summed E-state index contributed by atoms with van der Waals surface area (Å²) in [5.74, 6) is 3.15. The van der Waals surface area contributed by atoms with Gasteiger partial charge in [-0.2, -0.15) is 0 Å². The molecule has 0 spiro atoms. The van der Waals surface area contributed by atoms with Gasteiger partial charge in [-0.25, -0.2) is 19.9 Å². The van der Waals surface area contributed by atoms with Gasteiger partial charge >= 0.3 is 0 Å². The van der Waals surface area contributed by atoms with E-state index in [0.717, 1.165) is 55.9 Å². The van der Waals surface area contributed by atoms with Gasteiger partial charge in [-0.05, 0) is 97.8 Å². The first kappa shape index (κ1) is 43.9. The molecular weight excluding hydrogens is 840 g/mol. The summed E-state index contributed by atoms with van der Waals surface area (Å²) in [5.41, 5.74) is 5.96. The molecule has 1 aliphatic heterocycles. The zero-order valence-corrected chi connectivity index (χ0v) is 37.2. The van der Waals surface area contributed by atoms with Crippen LogP contribution in [0, 0.1) is 0 Å². The van der Waals surface area contributed by atoms with Crippen LogP contribution >= 0.6 is 11.6 Å². The predicted octanol–water partition coefficient (Wildman–Crippen LogP) is 9.40. The molecule has 2 amide bonds. The van der Waals surface area contributed by atoms with Gasteiger partial charge in [0.25, 0.3) is 11.8 Å². The highest BCUT2D eigenvalue weighted by Gasteiger charge is 2.30. The topological polar surface area (TPSA) is 152 Å². The van der Waals surface area contributed by atoms with Gasteiger partial charge < -0.3 is 29.5 Å². The maximum absolute atomic E-state index is 13.3. The number of hydrogen-bond acceptors (Lipinski definition) is 12. The second kappa shape index (κ2) is 20.2. The third-order valence-electron chi connectivity index (χ3n) is 10.9. The van der Waals surface area contributed by atoms with Crippen molar-refractivity contribution >= 4 is 74.0 Å². The van der Waals surface area contributed by atoms with E-state index in [0.29, 0.717) is 67.6 Å². The van der Waals surface area contributed by atoms with Gasteiger partial charge in [-0.15, -0.1) is 0 Å². The number of nitrogens with one attached hydrogen (secondary N) is 1. The molecule has 8 aromatic rings. The average Bonchev–Trinajstić information content (AvgIpc) is 3.43. The van der Waals surface area contributed by atoms with Crippen molar-refractivity contribution in [1.82, 2.24) is 29.9 Å². The minimum atomic E-state index is -0.226. The molecular formula is C50H47ClN10O4. The summed E-state index contributed by atoms with van der Waals surface area (Å²) < 4.78 is 12.1. The number of benzene rings is 2. The normalized spacial score (nSPS) is 11.9. The number of halogens is 1. The molecule has 0 unspecified atom stereocenters. The molecule has 6 aromatic heterocycles. The Hall–Kier alpha value is -7.71. The van der Waals surface area contributed by atoms with Gasteiger partial charge in [-0.3, -0.25) is 19.6 Å². The first-order valence-corrected chi connectivity index (χ1v) is 21.7. The van der Waals surface area contributed by atoms with E-state index in [4.69, 9.17) is 21.1 Å². The van der Waals surface area contributed by atoms with Gasteiger partial charge in [0.05, 0.1) is 46.7 Å². The fourth-order valence-electron chi connectivity index (χ4n) is 7.54. The van der Waals surface area contributed by atoms with E-state index < -0.39 is 0 Å². The maximum Gasteiger partial charge on any atom is 0.261 e. The quantitative estimate of drug-likeness (QED) is 0.110. The van der Waals surface area contributed by atoms with Gasteiger partial charge in [0.15, 0.2) is 11.0 Å². The largest absolute Gasteiger partial charge is 0.492 e. The van der Waals surface area contributed by atoms with Crippen molar-refractivity contribution < 1.29 is 19.1 Å². The molecule has 9 rings (SSSR count). The van der Waals surface area contributed by atoms with Crippen molar-refractivity contribution in [3.05, 3.63) is 162 Å². The Morgan fingerprint density at radius 1 is 0.708 bits per heavy atom. The van der Waals surface area contributed by atoms with Crippen LogP contribution in [0.25, 0.3) is 21.8 Å². The van der Waals surface area contributed by atoms with Gasteiger partial charge in [0.2, 0.25) is 0 Å². The van der Waals surface area contributed by atoms with Crippen molar-refractivity contribution in [2.45, 2.75) is 26.7 Å². The number of anilines is 5. The number of aromatic nitrogens is 6.